The van der Waals surface area contributed by atoms with Crippen LogP contribution in [0.25, 0.3) is 0 Å². The average molecular weight is 316 g/mol. The van der Waals surface area contributed by atoms with Crippen LogP contribution in [0.3, 0.4) is 0 Å². The smallest absolute Gasteiger partial charge is 0.550 e. The van der Waals surface area contributed by atoms with Gasteiger partial charge in [-0.3, -0.25) is 9.59 Å². The van der Waals surface area contributed by atoms with Crippen molar-refractivity contribution in [3.05, 3.63) is 0 Å². The molecular weight excluding hydrogens is 302 g/mol. The van der Waals surface area contributed by atoms with Gasteiger partial charge in [0.15, 0.2) is 0 Å². The van der Waals surface area contributed by atoms with Gasteiger partial charge in [-0.2, -0.15) is 0 Å². The van der Waals surface area contributed by atoms with E-state index in [1.165, 1.54) is 0 Å². The van der Waals surface area contributed by atoms with Crippen molar-refractivity contribution in [1.29, 1.82) is 0 Å². The maximum atomic E-state index is 9.00. The molecule has 0 aliphatic carbocycles. The van der Waals surface area contributed by atoms with Gasteiger partial charge in [0.05, 0.1) is 0 Å². The predicted octanol–water partition coefficient (Wildman–Crippen LogP) is -8.30. The summed E-state index contributed by atoms with van der Waals surface area (Å²) in [7, 11) is 0. The molecule has 0 aromatic heterocycles. The second-order valence-corrected chi connectivity index (χ2v) is 2.02. The number of carbonyl (C=O) groups excluding carboxylic acids is 2. The van der Waals surface area contributed by atoms with Gasteiger partial charge in [0, 0.05) is 25.8 Å². The van der Waals surface area contributed by atoms with Crippen molar-refractivity contribution in [3.8, 4) is 0 Å². The molecule has 0 saturated carbocycles. The number of carboxylic acids is 4. The van der Waals surface area contributed by atoms with Crippen molar-refractivity contribution in [2.45, 2.75) is 27.7 Å². The zero-order valence-electron chi connectivity index (χ0n) is 11.3. The molecule has 8 nitrogen and oxygen atoms in total. The molecule has 0 aromatic carbocycles. The van der Waals surface area contributed by atoms with Crippen molar-refractivity contribution in [3.63, 3.8) is 0 Å². The second kappa shape index (κ2) is 30.9. The second-order valence-electron chi connectivity index (χ2n) is 2.02. The van der Waals surface area contributed by atoms with Gasteiger partial charge < -0.3 is 30.0 Å². The summed E-state index contributed by atoms with van der Waals surface area (Å²) in [5.41, 5.74) is 0. The van der Waals surface area contributed by atoms with Gasteiger partial charge in [0.1, 0.15) is 0 Å². The topological polar surface area (TPSA) is 155 Å². The number of hydrogen-bond acceptors (Lipinski definition) is 6. The van der Waals surface area contributed by atoms with Crippen LogP contribution in [-0.2, 0) is 19.2 Å². The van der Waals surface area contributed by atoms with Crippen LogP contribution < -0.4 is 113 Å². The molecule has 10 heteroatoms. The number of rotatable bonds is 0. The molecule has 0 saturated heterocycles. The molecule has 0 aromatic rings. The maximum absolute atomic E-state index is 9.00. The van der Waals surface area contributed by atoms with E-state index in [4.69, 9.17) is 39.6 Å². The third kappa shape index (κ3) is 3370. The fourth-order valence-electron chi connectivity index (χ4n) is 0. The Morgan fingerprint density at radius 2 is 0.667 bits per heavy atom. The summed E-state index contributed by atoms with van der Waals surface area (Å²) in [6, 6.07) is 0. The number of aliphatic carboxylic acids is 4. The van der Waals surface area contributed by atoms with E-state index in [0.717, 1.165) is 27.7 Å². The minimum Gasteiger partial charge on any atom is -0.550 e. The Bertz CT molecular complexity index is 165. The van der Waals surface area contributed by atoms with Crippen molar-refractivity contribution in [1.82, 2.24) is 0 Å². The molecule has 0 radical (unpaired) electrons. The fraction of sp³-hybridized carbons (Fsp3) is 0.500. The molecule has 0 aliphatic heterocycles. The summed E-state index contributed by atoms with van der Waals surface area (Å²) in [5, 5.41) is 32.6. The molecule has 0 aliphatic rings. The molecule has 0 spiro atoms. The van der Waals surface area contributed by atoms with E-state index in [-0.39, 0.29) is 103 Å². The molecule has 96 valence electrons. The van der Waals surface area contributed by atoms with Crippen LogP contribution >= 0.6 is 0 Å². The Morgan fingerprint density at radius 3 is 0.667 bits per heavy atom. The van der Waals surface area contributed by atoms with Crippen molar-refractivity contribution >= 4 is 23.9 Å². The first-order chi connectivity index (χ1) is 6.93. The zero-order chi connectivity index (χ0) is 14.3. The Morgan fingerprint density at radius 1 is 0.667 bits per heavy atom. The molecule has 0 fully saturated rings. The number of carboxylic acid groups (broad SMARTS) is 4. The van der Waals surface area contributed by atoms with Crippen LogP contribution in [0, 0.1) is 0 Å². The van der Waals surface area contributed by atoms with Gasteiger partial charge in [-0.15, -0.1) is 0 Å². The molecule has 0 atom stereocenters. The molecule has 2 N–H and O–H groups in total. The van der Waals surface area contributed by atoms with Crippen LogP contribution in [-0.4, -0.2) is 34.1 Å². The summed E-state index contributed by atoms with van der Waals surface area (Å²) in [4.78, 5) is 35.8. The number of carbonyl (C=O) groups is 4. The molecule has 18 heavy (non-hydrogen) atoms. The van der Waals surface area contributed by atoms with Gasteiger partial charge >= 0.3 is 103 Å². The summed E-state index contributed by atoms with van der Waals surface area (Å²) in [5.74, 6) is -3.83. The van der Waals surface area contributed by atoms with Crippen LogP contribution in [0.5, 0.6) is 0 Å². The SMILES string of the molecule is CC(=O)O.CC(=O)O.CC(=O)[O-].CC(=O)[O-].[K+].[K+]. The molecule has 0 amide bonds. The van der Waals surface area contributed by atoms with E-state index < -0.39 is 23.9 Å². The van der Waals surface area contributed by atoms with Crippen LogP contribution in [0.1, 0.15) is 27.7 Å². The Hall–Kier alpha value is 1.15. The Kier molecular flexibility index (Phi) is 62.6. The van der Waals surface area contributed by atoms with E-state index in [1.54, 1.807) is 0 Å². The summed E-state index contributed by atoms with van der Waals surface area (Å²) < 4.78 is 0. The molecule has 0 heterocycles. The zero-order valence-corrected chi connectivity index (χ0v) is 17.6. The largest absolute Gasteiger partial charge is 1.00 e. The van der Waals surface area contributed by atoms with E-state index in [2.05, 4.69) is 0 Å². The van der Waals surface area contributed by atoms with Crippen LogP contribution in [0.15, 0.2) is 0 Å². The Balaban J connectivity index is -0.0000000257. The van der Waals surface area contributed by atoms with Crippen LogP contribution in [0.2, 0.25) is 0 Å². The normalized spacial score (nSPS) is 5.56. The standard InChI is InChI=1S/4C2H4O2.2K/c4*1-2(3)4;;/h4*1H3,(H,3,4);;/q;;;;2*+1/p-2. The minimum atomic E-state index is -1.08. The van der Waals surface area contributed by atoms with Crippen molar-refractivity contribution in [2.75, 3.05) is 0 Å². The average Bonchev–Trinajstić information content (AvgIpc) is 1.76. The van der Waals surface area contributed by atoms with Gasteiger partial charge in [-0.05, 0) is 13.8 Å². The monoisotopic (exact) mass is 316 g/mol. The molecule has 0 unspecified atom stereocenters. The first-order valence-corrected chi connectivity index (χ1v) is 3.67. The van der Waals surface area contributed by atoms with Crippen molar-refractivity contribution < 1.29 is 142 Å². The van der Waals surface area contributed by atoms with Gasteiger partial charge in [-0.25, -0.2) is 0 Å². The molecule has 0 rings (SSSR count). The van der Waals surface area contributed by atoms with E-state index >= 15 is 0 Å². The number of hydrogen-bond donors (Lipinski definition) is 2. The van der Waals surface area contributed by atoms with E-state index in [0.29, 0.717) is 0 Å². The third-order valence-corrected chi connectivity index (χ3v) is 0. The van der Waals surface area contributed by atoms with Gasteiger partial charge in [0.25, 0.3) is 11.9 Å². The maximum Gasteiger partial charge on any atom is 1.00 e. The quantitative estimate of drug-likeness (QED) is 0.417. The van der Waals surface area contributed by atoms with E-state index in [9.17, 15) is 0 Å². The summed E-state index contributed by atoms with van der Waals surface area (Å²) in [6.07, 6.45) is 0. The Labute approximate surface area is 190 Å². The van der Waals surface area contributed by atoms with E-state index in [1.807, 2.05) is 0 Å². The van der Waals surface area contributed by atoms with Gasteiger partial charge in [0.2, 0.25) is 0 Å². The fourth-order valence-corrected chi connectivity index (χ4v) is 0. The van der Waals surface area contributed by atoms with Crippen molar-refractivity contribution in [2.24, 2.45) is 0 Å². The first kappa shape index (κ1) is 36.5. The summed E-state index contributed by atoms with van der Waals surface area (Å²) in [6.45, 7) is 4.11. The molecular formula is C8H14K2O8. The predicted molar refractivity (Wildman–Crippen MR) is 48.0 cm³/mol. The third-order valence-electron chi connectivity index (χ3n) is 0. The van der Waals surface area contributed by atoms with Gasteiger partial charge in [-0.1, -0.05) is 0 Å². The molecule has 0 bridgehead atoms. The minimum absolute atomic E-state index is 0. The first-order valence-electron chi connectivity index (χ1n) is 3.67. The summed E-state index contributed by atoms with van der Waals surface area (Å²) >= 11 is 0. The van der Waals surface area contributed by atoms with Crippen LogP contribution in [0.4, 0.5) is 0 Å².